The van der Waals surface area contributed by atoms with Crippen LogP contribution in [0.15, 0.2) is 84.0 Å². The van der Waals surface area contributed by atoms with Crippen molar-refractivity contribution in [3.63, 3.8) is 0 Å². The molecule has 0 aliphatic heterocycles. The first-order valence-corrected chi connectivity index (χ1v) is 9.12. The highest BCUT2D eigenvalue weighted by Gasteiger charge is 2.06. The smallest absolute Gasteiger partial charge is 0.277 e. The van der Waals surface area contributed by atoms with Crippen molar-refractivity contribution >= 4 is 33.7 Å². The Balaban J connectivity index is 1.51. The minimum Gasteiger partial charge on any atom is -0.484 e. The van der Waals surface area contributed by atoms with Gasteiger partial charge in [0.25, 0.3) is 5.91 Å². The second kappa shape index (κ2) is 7.92. The van der Waals surface area contributed by atoms with E-state index in [4.69, 9.17) is 4.74 Å². The normalized spacial score (nSPS) is 11.2. The van der Waals surface area contributed by atoms with Crippen LogP contribution >= 0.6 is 0 Å². The van der Waals surface area contributed by atoms with E-state index in [1.807, 2.05) is 55.5 Å². The van der Waals surface area contributed by atoms with Gasteiger partial charge < -0.3 is 4.74 Å². The number of hydrazone groups is 1. The molecular weight excluding hydrogens is 348 g/mol. The average Bonchev–Trinajstić information content (AvgIpc) is 2.73. The summed E-state index contributed by atoms with van der Waals surface area (Å²) in [4.78, 5) is 12.1. The Hall–Kier alpha value is -3.66. The molecule has 138 valence electrons. The predicted octanol–water partition coefficient (Wildman–Crippen LogP) is 4.83. The van der Waals surface area contributed by atoms with Gasteiger partial charge in [-0.05, 0) is 46.7 Å². The molecule has 4 heteroatoms. The largest absolute Gasteiger partial charge is 0.484 e. The standard InChI is InChI=1S/C24H20N2O2/c1-17-10-12-20(13-11-17)28-16-24(27)26-25-15-23-21-8-4-2-6-18(21)14-19-7-3-5-9-22(19)23/h2-15H,16H2,1H3,(H,26,27). The van der Waals surface area contributed by atoms with Gasteiger partial charge in [-0.25, -0.2) is 5.43 Å². The lowest BCUT2D eigenvalue weighted by molar-refractivity contribution is -0.123. The van der Waals surface area contributed by atoms with Crippen LogP contribution in [0.25, 0.3) is 21.5 Å². The van der Waals surface area contributed by atoms with E-state index in [0.29, 0.717) is 5.75 Å². The van der Waals surface area contributed by atoms with Crippen molar-refractivity contribution in [1.29, 1.82) is 0 Å². The van der Waals surface area contributed by atoms with Gasteiger partial charge >= 0.3 is 0 Å². The molecule has 4 rings (SSSR count). The van der Waals surface area contributed by atoms with Crippen molar-refractivity contribution in [2.24, 2.45) is 5.10 Å². The Kier molecular flexibility index (Phi) is 5.02. The highest BCUT2D eigenvalue weighted by molar-refractivity contribution is 6.13. The molecule has 1 N–H and O–H groups in total. The van der Waals surface area contributed by atoms with Crippen molar-refractivity contribution in [2.45, 2.75) is 6.92 Å². The fraction of sp³-hybridized carbons (Fsp3) is 0.0833. The average molecular weight is 368 g/mol. The maximum Gasteiger partial charge on any atom is 0.277 e. The monoisotopic (exact) mass is 368 g/mol. The zero-order chi connectivity index (χ0) is 19.3. The highest BCUT2D eigenvalue weighted by Crippen LogP contribution is 2.27. The molecule has 4 nitrogen and oxygen atoms in total. The van der Waals surface area contributed by atoms with Gasteiger partial charge in [-0.1, -0.05) is 66.2 Å². The summed E-state index contributed by atoms with van der Waals surface area (Å²) in [5.74, 6) is 0.353. The number of aryl methyl sites for hydroxylation is 1. The van der Waals surface area contributed by atoms with Gasteiger partial charge in [-0.15, -0.1) is 0 Å². The maximum atomic E-state index is 12.1. The summed E-state index contributed by atoms with van der Waals surface area (Å²) in [7, 11) is 0. The van der Waals surface area contributed by atoms with Crippen molar-refractivity contribution in [3.05, 3.63) is 90.0 Å². The Bertz CT molecular complexity index is 1110. The van der Waals surface area contributed by atoms with Gasteiger partial charge in [0, 0.05) is 5.56 Å². The first-order chi connectivity index (χ1) is 13.7. The molecule has 4 aromatic rings. The van der Waals surface area contributed by atoms with Gasteiger partial charge in [-0.2, -0.15) is 5.10 Å². The van der Waals surface area contributed by atoms with E-state index in [-0.39, 0.29) is 12.5 Å². The van der Waals surface area contributed by atoms with E-state index in [1.165, 1.54) is 0 Å². The molecule has 0 atom stereocenters. The van der Waals surface area contributed by atoms with Crippen LogP contribution in [0.5, 0.6) is 5.75 Å². The fourth-order valence-electron chi connectivity index (χ4n) is 3.17. The van der Waals surface area contributed by atoms with Gasteiger partial charge in [0.1, 0.15) is 5.75 Å². The number of benzene rings is 4. The van der Waals surface area contributed by atoms with Crippen LogP contribution in [0.1, 0.15) is 11.1 Å². The third kappa shape index (κ3) is 3.86. The molecule has 0 saturated heterocycles. The minimum absolute atomic E-state index is 0.0866. The molecular formula is C24H20N2O2. The molecule has 0 aliphatic rings. The van der Waals surface area contributed by atoms with E-state index in [9.17, 15) is 4.79 Å². The topological polar surface area (TPSA) is 50.7 Å². The van der Waals surface area contributed by atoms with Crippen LogP contribution < -0.4 is 10.2 Å². The van der Waals surface area contributed by atoms with Crippen molar-refractivity contribution in [1.82, 2.24) is 5.43 Å². The quantitative estimate of drug-likeness (QED) is 0.312. The number of carbonyl (C=O) groups is 1. The van der Waals surface area contributed by atoms with Gasteiger partial charge in [0.15, 0.2) is 6.61 Å². The number of fused-ring (bicyclic) bond motifs is 2. The number of hydrogen-bond acceptors (Lipinski definition) is 3. The number of hydrogen-bond donors (Lipinski definition) is 1. The Morgan fingerprint density at radius 3 is 2.18 bits per heavy atom. The predicted molar refractivity (Wildman–Crippen MR) is 114 cm³/mol. The van der Waals surface area contributed by atoms with E-state index >= 15 is 0 Å². The van der Waals surface area contributed by atoms with Gasteiger partial charge in [0.05, 0.1) is 6.21 Å². The Morgan fingerprint density at radius 2 is 1.54 bits per heavy atom. The van der Waals surface area contributed by atoms with Crippen molar-refractivity contribution in [3.8, 4) is 5.75 Å². The summed E-state index contributed by atoms with van der Waals surface area (Å²) in [6.07, 6.45) is 1.70. The van der Waals surface area contributed by atoms with Gasteiger partial charge in [-0.3, -0.25) is 4.79 Å². The third-order valence-corrected chi connectivity index (χ3v) is 4.59. The van der Waals surface area contributed by atoms with Crippen LogP contribution in [-0.2, 0) is 4.79 Å². The molecule has 0 bridgehead atoms. The lowest BCUT2D eigenvalue weighted by atomic mass is 9.97. The molecule has 0 saturated carbocycles. The zero-order valence-electron chi connectivity index (χ0n) is 15.6. The Morgan fingerprint density at radius 1 is 0.929 bits per heavy atom. The second-order valence-corrected chi connectivity index (χ2v) is 6.63. The van der Waals surface area contributed by atoms with Crippen LogP contribution in [0.2, 0.25) is 0 Å². The van der Waals surface area contributed by atoms with Crippen LogP contribution in [0.3, 0.4) is 0 Å². The van der Waals surface area contributed by atoms with Crippen LogP contribution in [-0.4, -0.2) is 18.7 Å². The number of ether oxygens (including phenoxy) is 1. The molecule has 0 unspecified atom stereocenters. The van der Waals surface area contributed by atoms with E-state index < -0.39 is 0 Å². The van der Waals surface area contributed by atoms with Crippen LogP contribution in [0, 0.1) is 6.92 Å². The number of nitrogens with zero attached hydrogens (tertiary/aromatic N) is 1. The number of amides is 1. The summed E-state index contributed by atoms with van der Waals surface area (Å²) in [6, 6.07) is 26.0. The summed E-state index contributed by atoms with van der Waals surface area (Å²) in [5, 5.41) is 8.62. The summed E-state index contributed by atoms with van der Waals surface area (Å²) < 4.78 is 5.48. The molecule has 0 fully saturated rings. The number of rotatable bonds is 5. The van der Waals surface area contributed by atoms with Crippen molar-refractivity contribution < 1.29 is 9.53 Å². The molecule has 4 aromatic carbocycles. The summed E-state index contributed by atoms with van der Waals surface area (Å²) >= 11 is 0. The van der Waals surface area contributed by atoms with E-state index in [0.717, 1.165) is 32.7 Å². The van der Waals surface area contributed by atoms with Crippen LogP contribution in [0.4, 0.5) is 0 Å². The minimum atomic E-state index is -0.304. The maximum absolute atomic E-state index is 12.1. The van der Waals surface area contributed by atoms with E-state index in [1.54, 1.807) is 6.21 Å². The lowest BCUT2D eigenvalue weighted by Crippen LogP contribution is -2.24. The van der Waals surface area contributed by atoms with Crippen molar-refractivity contribution in [2.75, 3.05) is 6.61 Å². The number of carbonyl (C=O) groups excluding carboxylic acids is 1. The third-order valence-electron chi connectivity index (χ3n) is 4.59. The summed E-state index contributed by atoms with van der Waals surface area (Å²) in [6.45, 7) is 1.92. The number of nitrogens with one attached hydrogen (secondary N) is 1. The van der Waals surface area contributed by atoms with Gasteiger partial charge in [0.2, 0.25) is 0 Å². The highest BCUT2D eigenvalue weighted by atomic mass is 16.5. The molecule has 0 aromatic heterocycles. The van der Waals surface area contributed by atoms with E-state index in [2.05, 4.69) is 40.9 Å². The Labute approximate surface area is 163 Å². The molecule has 28 heavy (non-hydrogen) atoms. The first-order valence-electron chi connectivity index (χ1n) is 9.12. The second-order valence-electron chi connectivity index (χ2n) is 6.63. The fourth-order valence-corrected chi connectivity index (χ4v) is 3.17. The molecule has 0 spiro atoms. The molecule has 1 amide bonds. The molecule has 0 radical (unpaired) electrons. The zero-order valence-corrected chi connectivity index (χ0v) is 15.6. The first kappa shape index (κ1) is 17.7. The lowest BCUT2D eigenvalue weighted by Gasteiger charge is -2.08. The SMILES string of the molecule is Cc1ccc(OCC(=O)NN=Cc2c3ccccc3cc3ccccc23)cc1. The molecule has 0 heterocycles. The summed E-state index contributed by atoms with van der Waals surface area (Å²) in [5.41, 5.74) is 4.67. The molecule has 0 aliphatic carbocycles.